The molecule has 1 rings (SSSR count). The molecule has 0 aliphatic heterocycles. The summed E-state index contributed by atoms with van der Waals surface area (Å²) in [4.78, 5) is 12.1. The molecule has 6 nitrogen and oxygen atoms in total. The maximum absolute atomic E-state index is 10.9. The van der Waals surface area contributed by atoms with E-state index in [0.29, 0.717) is 11.1 Å². The molecule has 3 N–H and O–H groups in total. The van der Waals surface area contributed by atoms with Crippen molar-refractivity contribution in [1.82, 2.24) is 10.2 Å². The maximum Gasteiger partial charge on any atom is 0.277 e. The SMILES string of the molecule is CC[C@@H](c1nnc(S[C@@H](C)C(N)=O)o1)[NH+](C)C. The van der Waals surface area contributed by atoms with Gasteiger partial charge in [0, 0.05) is 6.42 Å². The molecule has 0 aliphatic carbocycles. The van der Waals surface area contributed by atoms with Gasteiger partial charge in [0.05, 0.1) is 19.3 Å². The molecule has 1 amide bonds. The average molecular weight is 259 g/mol. The molecular weight excluding hydrogens is 240 g/mol. The predicted molar refractivity (Wildman–Crippen MR) is 64.7 cm³/mol. The Balaban J connectivity index is 2.74. The van der Waals surface area contributed by atoms with Gasteiger partial charge in [0.2, 0.25) is 5.91 Å². The Labute approximate surface area is 105 Å². The van der Waals surface area contributed by atoms with Gasteiger partial charge in [-0.2, -0.15) is 0 Å². The van der Waals surface area contributed by atoms with Gasteiger partial charge in [0.15, 0.2) is 6.04 Å². The van der Waals surface area contributed by atoms with Crippen LogP contribution in [0.15, 0.2) is 9.64 Å². The molecule has 0 saturated carbocycles. The topological polar surface area (TPSA) is 86.5 Å². The first-order valence-electron chi connectivity index (χ1n) is 5.55. The Morgan fingerprint density at radius 2 is 2.18 bits per heavy atom. The van der Waals surface area contributed by atoms with E-state index in [2.05, 4.69) is 17.1 Å². The van der Waals surface area contributed by atoms with Crippen LogP contribution in [0.3, 0.4) is 0 Å². The molecule has 0 radical (unpaired) electrons. The van der Waals surface area contributed by atoms with Crippen molar-refractivity contribution >= 4 is 17.7 Å². The number of thioether (sulfide) groups is 1. The fourth-order valence-electron chi connectivity index (χ4n) is 1.45. The molecule has 0 spiro atoms. The number of quaternary nitrogens is 1. The van der Waals surface area contributed by atoms with Gasteiger partial charge in [-0.25, -0.2) is 0 Å². The summed E-state index contributed by atoms with van der Waals surface area (Å²) in [5.74, 6) is 0.215. The van der Waals surface area contributed by atoms with Gasteiger partial charge in [-0.3, -0.25) is 4.79 Å². The third-order valence-electron chi connectivity index (χ3n) is 2.50. The van der Waals surface area contributed by atoms with E-state index < -0.39 is 0 Å². The number of hydrogen-bond donors (Lipinski definition) is 2. The molecule has 0 aromatic carbocycles. The minimum atomic E-state index is -0.389. The Morgan fingerprint density at radius 1 is 1.53 bits per heavy atom. The van der Waals surface area contributed by atoms with Crippen molar-refractivity contribution in [2.75, 3.05) is 14.1 Å². The lowest BCUT2D eigenvalue weighted by molar-refractivity contribution is -0.894. The summed E-state index contributed by atoms with van der Waals surface area (Å²) >= 11 is 1.19. The summed E-state index contributed by atoms with van der Waals surface area (Å²) in [6.07, 6.45) is 0.917. The maximum atomic E-state index is 10.9. The number of hydrogen-bond acceptors (Lipinski definition) is 5. The van der Waals surface area contributed by atoms with E-state index in [-0.39, 0.29) is 17.2 Å². The van der Waals surface area contributed by atoms with Gasteiger partial charge >= 0.3 is 0 Å². The van der Waals surface area contributed by atoms with E-state index in [1.54, 1.807) is 6.92 Å². The Morgan fingerprint density at radius 3 is 2.65 bits per heavy atom. The first kappa shape index (κ1) is 14.0. The van der Waals surface area contributed by atoms with Gasteiger partial charge in [-0.05, 0) is 6.92 Å². The number of primary amides is 1. The zero-order valence-corrected chi connectivity index (χ0v) is 11.4. The summed E-state index contributed by atoms with van der Waals surface area (Å²) in [7, 11) is 4.08. The first-order chi connectivity index (χ1) is 7.95. The number of nitrogens with zero attached hydrogens (tertiary/aromatic N) is 2. The third kappa shape index (κ3) is 3.71. The number of carbonyl (C=O) groups excluding carboxylic acids is 1. The molecule has 96 valence electrons. The van der Waals surface area contributed by atoms with Crippen molar-refractivity contribution in [1.29, 1.82) is 0 Å². The quantitative estimate of drug-likeness (QED) is 0.681. The lowest BCUT2D eigenvalue weighted by Crippen LogP contribution is -3.06. The normalized spacial score (nSPS) is 14.9. The summed E-state index contributed by atoms with van der Waals surface area (Å²) in [5, 5.41) is 7.95. The second kappa shape index (κ2) is 6.02. The highest BCUT2D eigenvalue weighted by Gasteiger charge is 2.23. The predicted octanol–water partition coefficient (Wildman–Crippen LogP) is -0.369. The lowest BCUT2D eigenvalue weighted by Gasteiger charge is -2.15. The van der Waals surface area contributed by atoms with Gasteiger partial charge in [-0.1, -0.05) is 18.7 Å². The van der Waals surface area contributed by atoms with Crippen LogP contribution in [0.25, 0.3) is 0 Å². The van der Waals surface area contributed by atoms with Crippen molar-refractivity contribution in [3.63, 3.8) is 0 Å². The molecular formula is C10H19N4O2S+. The molecule has 0 saturated heterocycles. The zero-order chi connectivity index (χ0) is 13.0. The monoisotopic (exact) mass is 259 g/mol. The second-order valence-corrected chi connectivity index (χ2v) is 5.40. The van der Waals surface area contributed by atoms with Crippen molar-refractivity contribution in [2.45, 2.75) is 36.8 Å². The van der Waals surface area contributed by atoms with Crippen LogP contribution in [0.2, 0.25) is 0 Å². The zero-order valence-electron chi connectivity index (χ0n) is 10.6. The number of nitrogens with two attached hydrogens (primary N) is 1. The molecule has 2 atom stereocenters. The third-order valence-corrected chi connectivity index (χ3v) is 3.46. The van der Waals surface area contributed by atoms with Crippen LogP contribution in [0, 0.1) is 0 Å². The van der Waals surface area contributed by atoms with Crippen molar-refractivity contribution in [2.24, 2.45) is 5.73 Å². The highest BCUT2D eigenvalue weighted by atomic mass is 32.2. The molecule has 1 aromatic heterocycles. The van der Waals surface area contributed by atoms with Crippen LogP contribution in [0.1, 0.15) is 32.2 Å². The lowest BCUT2D eigenvalue weighted by atomic mass is 10.2. The van der Waals surface area contributed by atoms with E-state index in [0.717, 1.165) is 6.42 Å². The minimum Gasteiger partial charge on any atom is -0.410 e. The molecule has 1 aromatic rings. The van der Waals surface area contributed by atoms with Gasteiger partial charge < -0.3 is 15.1 Å². The molecule has 0 fully saturated rings. The number of carbonyl (C=O) groups is 1. The smallest absolute Gasteiger partial charge is 0.277 e. The van der Waals surface area contributed by atoms with Crippen LogP contribution in [-0.4, -0.2) is 35.4 Å². The average Bonchev–Trinajstić information content (AvgIpc) is 2.66. The second-order valence-electron chi connectivity index (χ2n) is 4.11. The number of aromatic nitrogens is 2. The summed E-state index contributed by atoms with van der Waals surface area (Å²) < 4.78 is 5.53. The van der Waals surface area contributed by atoms with Crippen LogP contribution < -0.4 is 10.6 Å². The van der Waals surface area contributed by atoms with Gasteiger partial charge in [0.1, 0.15) is 0 Å². The molecule has 0 aliphatic rings. The van der Waals surface area contributed by atoms with E-state index in [9.17, 15) is 4.79 Å². The molecule has 7 heteroatoms. The number of amides is 1. The number of nitrogens with one attached hydrogen (secondary N) is 1. The Bertz CT molecular complexity index is 380. The summed E-state index contributed by atoms with van der Waals surface area (Å²) in [5.41, 5.74) is 5.17. The highest BCUT2D eigenvalue weighted by Crippen LogP contribution is 2.23. The molecule has 0 unspecified atom stereocenters. The summed E-state index contributed by atoms with van der Waals surface area (Å²) in [6, 6.07) is 0.181. The van der Waals surface area contributed by atoms with Crippen LogP contribution in [-0.2, 0) is 4.79 Å². The van der Waals surface area contributed by atoms with Gasteiger partial charge in [-0.15, -0.1) is 10.2 Å². The van der Waals surface area contributed by atoms with Crippen LogP contribution in [0.5, 0.6) is 0 Å². The molecule has 0 bridgehead atoms. The van der Waals surface area contributed by atoms with E-state index in [1.807, 2.05) is 14.1 Å². The van der Waals surface area contributed by atoms with E-state index in [1.165, 1.54) is 16.7 Å². The Kier molecular flexibility index (Phi) is 4.95. The summed E-state index contributed by atoms with van der Waals surface area (Å²) in [6.45, 7) is 3.78. The first-order valence-corrected chi connectivity index (χ1v) is 6.43. The van der Waals surface area contributed by atoms with Crippen molar-refractivity contribution in [3.05, 3.63) is 5.89 Å². The van der Waals surface area contributed by atoms with Crippen LogP contribution >= 0.6 is 11.8 Å². The largest absolute Gasteiger partial charge is 0.410 e. The van der Waals surface area contributed by atoms with E-state index in [4.69, 9.17) is 10.2 Å². The van der Waals surface area contributed by atoms with E-state index >= 15 is 0 Å². The molecule has 17 heavy (non-hydrogen) atoms. The highest BCUT2D eigenvalue weighted by molar-refractivity contribution is 8.00. The van der Waals surface area contributed by atoms with Crippen LogP contribution in [0.4, 0.5) is 0 Å². The minimum absolute atomic E-state index is 0.181. The standard InChI is InChI=1S/C10H18N4O2S/c1-5-7(14(3)4)9-12-13-10(16-9)17-6(2)8(11)15/h6-7H,5H2,1-4H3,(H2,11,15)/p+1/t6-,7-/m0/s1. The van der Waals surface area contributed by atoms with Crippen molar-refractivity contribution in [3.8, 4) is 0 Å². The van der Waals surface area contributed by atoms with Crippen molar-refractivity contribution < 1.29 is 14.1 Å². The Hall–Kier alpha value is -1.08. The fourth-order valence-corrected chi connectivity index (χ4v) is 2.09. The number of rotatable bonds is 6. The van der Waals surface area contributed by atoms with Gasteiger partial charge in [0.25, 0.3) is 11.1 Å². The molecule has 1 heterocycles. The fraction of sp³-hybridized carbons (Fsp3) is 0.700.